The Balaban J connectivity index is 1.79. The molecule has 25 heavy (non-hydrogen) atoms. The molecule has 6 heteroatoms. The van der Waals surface area contributed by atoms with Gasteiger partial charge in [-0.1, -0.05) is 6.07 Å². The Hall–Kier alpha value is -3.28. The van der Waals surface area contributed by atoms with Gasteiger partial charge in [0.25, 0.3) is 11.5 Å². The second-order valence-corrected chi connectivity index (χ2v) is 5.49. The zero-order chi connectivity index (χ0) is 17.8. The number of rotatable bonds is 5. The zero-order valence-corrected chi connectivity index (χ0v) is 14.0. The van der Waals surface area contributed by atoms with Crippen molar-refractivity contribution in [2.24, 2.45) is 0 Å². The van der Waals surface area contributed by atoms with Gasteiger partial charge in [0.15, 0.2) is 0 Å². The molecule has 128 valence electrons. The van der Waals surface area contributed by atoms with Crippen LogP contribution in [0.4, 0.5) is 0 Å². The molecule has 0 aliphatic rings. The summed E-state index contributed by atoms with van der Waals surface area (Å²) < 4.78 is 10.3. The van der Waals surface area contributed by atoms with Crippen LogP contribution in [0.3, 0.4) is 0 Å². The minimum Gasteiger partial charge on any atom is -0.497 e. The number of amides is 1. The molecule has 3 aromatic rings. The number of methoxy groups -OCH3 is 2. The van der Waals surface area contributed by atoms with E-state index in [9.17, 15) is 9.59 Å². The minimum atomic E-state index is -0.270. The van der Waals surface area contributed by atoms with Crippen molar-refractivity contribution in [2.45, 2.75) is 6.54 Å². The van der Waals surface area contributed by atoms with Crippen molar-refractivity contribution in [1.82, 2.24) is 10.3 Å². The largest absolute Gasteiger partial charge is 0.497 e. The summed E-state index contributed by atoms with van der Waals surface area (Å²) in [5, 5.41) is 3.62. The highest BCUT2D eigenvalue weighted by Gasteiger charge is 2.09. The van der Waals surface area contributed by atoms with Crippen molar-refractivity contribution in [1.29, 1.82) is 0 Å². The third-order valence-corrected chi connectivity index (χ3v) is 3.90. The lowest BCUT2D eigenvalue weighted by Crippen LogP contribution is -2.26. The first-order valence-corrected chi connectivity index (χ1v) is 7.73. The van der Waals surface area contributed by atoms with Gasteiger partial charge in [-0.2, -0.15) is 0 Å². The van der Waals surface area contributed by atoms with Gasteiger partial charge >= 0.3 is 0 Å². The molecule has 6 nitrogen and oxygen atoms in total. The minimum absolute atomic E-state index is 0.132. The number of nitrogens with one attached hydrogen (secondary N) is 2. The molecular formula is C19H18N2O4. The summed E-state index contributed by atoms with van der Waals surface area (Å²) in [4.78, 5) is 27.3. The molecule has 0 bridgehead atoms. The second kappa shape index (κ2) is 7.09. The number of pyridine rings is 1. The molecular weight excluding hydrogens is 320 g/mol. The number of hydrogen-bond acceptors (Lipinski definition) is 4. The molecule has 1 amide bonds. The lowest BCUT2D eigenvalue weighted by Gasteiger charge is -2.08. The molecule has 3 rings (SSSR count). The van der Waals surface area contributed by atoms with Crippen molar-refractivity contribution in [2.75, 3.05) is 14.2 Å². The van der Waals surface area contributed by atoms with E-state index in [1.807, 2.05) is 12.1 Å². The molecule has 0 saturated carbocycles. The number of ether oxygens (including phenoxy) is 2. The summed E-state index contributed by atoms with van der Waals surface area (Å²) in [7, 11) is 3.11. The molecule has 2 aromatic carbocycles. The fourth-order valence-corrected chi connectivity index (χ4v) is 2.53. The normalized spacial score (nSPS) is 10.5. The van der Waals surface area contributed by atoms with Crippen molar-refractivity contribution in [3.05, 3.63) is 70.0 Å². The van der Waals surface area contributed by atoms with E-state index in [0.717, 1.165) is 5.39 Å². The highest BCUT2D eigenvalue weighted by molar-refractivity contribution is 5.94. The van der Waals surface area contributed by atoms with E-state index in [-0.39, 0.29) is 18.0 Å². The van der Waals surface area contributed by atoms with Gasteiger partial charge in [0, 0.05) is 23.7 Å². The molecule has 0 atom stereocenters. The van der Waals surface area contributed by atoms with Crippen LogP contribution in [0.1, 0.15) is 15.9 Å². The Morgan fingerprint density at radius 1 is 1.04 bits per heavy atom. The van der Waals surface area contributed by atoms with E-state index in [1.165, 1.54) is 0 Å². The first-order valence-electron chi connectivity index (χ1n) is 7.73. The zero-order valence-electron chi connectivity index (χ0n) is 14.0. The topological polar surface area (TPSA) is 80.4 Å². The van der Waals surface area contributed by atoms with Gasteiger partial charge in [-0.25, -0.2) is 0 Å². The Kier molecular flexibility index (Phi) is 4.70. The van der Waals surface area contributed by atoms with Crippen LogP contribution in [0, 0.1) is 0 Å². The molecule has 0 spiro atoms. The maximum Gasteiger partial charge on any atom is 0.253 e. The molecule has 1 aromatic heterocycles. The first kappa shape index (κ1) is 16.6. The smallest absolute Gasteiger partial charge is 0.253 e. The third-order valence-electron chi connectivity index (χ3n) is 3.90. The molecule has 0 aliphatic heterocycles. The van der Waals surface area contributed by atoms with Crippen molar-refractivity contribution in [3.8, 4) is 11.5 Å². The molecule has 0 unspecified atom stereocenters. The lowest BCUT2D eigenvalue weighted by atomic mass is 10.1. The number of fused-ring (bicyclic) bond motifs is 1. The Bertz CT molecular complexity index is 979. The number of aromatic nitrogens is 1. The maximum absolute atomic E-state index is 12.2. The highest BCUT2D eigenvalue weighted by atomic mass is 16.5. The van der Waals surface area contributed by atoms with Crippen LogP contribution in [0.25, 0.3) is 10.9 Å². The van der Waals surface area contributed by atoms with Crippen LogP contribution in [0.2, 0.25) is 0 Å². The number of hydrogen-bond donors (Lipinski definition) is 2. The quantitative estimate of drug-likeness (QED) is 0.749. The molecule has 0 aliphatic carbocycles. The average Bonchev–Trinajstić information content (AvgIpc) is 2.65. The third kappa shape index (κ3) is 3.63. The number of aromatic amines is 1. The summed E-state index contributed by atoms with van der Waals surface area (Å²) in [6.45, 7) is 0.132. The van der Waals surface area contributed by atoms with Crippen LogP contribution >= 0.6 is 0 Å². The second-order valence-electron chi connectivity index (χ2n) is 5.49. The van der Waals surface area contributed by atoms with Gasteiger partial charge in [0.05, 0.1) is 19.7 Å². The van der Waals surface area contributed by atoms with E-state index in [4.69, 9.17) is 9.47 Å². The summed E-state index contributed by atoms with van der Waals surface area (Å²) in [6, 6.07) is 14.0. The van der Waals surface area contributed by atoms with Gasteiger partial charge in [0.1, 0.15) is 11.5 Å². The van der Waals surface area contributed by atoms with Crippen LogP contribution in [-0.4, -0.2) is 25.1 Å². The van der Waals surface area contributed by atoms with Gasteiger partial charge in [-0.05, 0) is 41.8 Å². The maximum atomic E-state index is 12.2. The number of carbonyl (C=O) groups is 1. The monoisotopic (exact) mass is 338 g/mol. The molecule has 1 heterocycles. The van der Waals surface area contributed by atoms with Gasteiger partial charge in [0.2, 0.25) is 0 Å². The van der Waals surface area contributed by atoms with Crippen LogP contribution < -0.4 is 20.3 Å². The summed E-state index contributed by atoms with van der Waals surface area (Å²) >= 11 is 0. The predicted octanol–water partition coefficient (Wildman–Crippen LogP) is 2.48. The van der Waals surface area contributed by atoms with Gasteiger partial charge < -0.3 is 19.8 Å². The number of benzene rings is 2. The van der Waals surface area contributed by atoms with Crippen LogP contribution in [-0.2, 0) is 6.54 Å². The molecule has 2 N–H and O–H groups in total. The molecule has 0 radical (unpaired) electrons. The molecule has 0 saturated heterocycles. The number of H-pyrrole nitrogens is 1. The van der Waals surface area contributed by atoms with E-state index in [0.29, 0.717) is 28.1 Å². The predicted molar refractivity (Wildman–Crippen MR) is 95.3 cm³/mol. The Labute approximate surface area is 144 Å². The molecule has 0 fully saturated rings. The lowest BCUT2D eigenvalue weighted by molar-refractivity contribution is 0.0950. The number of carbonyl (C=O) groups excluding carboxylic acids is 1. The highest BCUT2D eigenvalue weighted by Crippen LogP contribution is 2.18. The SMILES string of the molecule is COc1cccc(C(=O)NCc2cc3ccc(OC)cc3[nH]c2=O)c1. The Morgan fingerprint density at radius 2 is 1.80 bits per heavy atom. The van der Waals surface area contributed by atoms with Gasteiger partial charge in [-0.15, -0.1) is 0 Å². The Morgan fingerprint density at radius 3 is 2.56 bits per heavy atom. The first-order chi connectivity index (χ1) is 12.1. The van der Waals surface area contributed by atoms with Crippen LogP contribution in [0.15, 0.2) is 53.3 Å². The fourth-order valence-electron chi connectivity index (χ4n) is 2.53. The summed E-state index contributed by atoms with van der Waals surface area (Å²) in [6.07, 6.45) is 0. The fraction of sp³-hybridized carbons (Fsp3) is 0.158. The van der Waals surface area contributed by atoms with E-state index >= 15 is 0 Å². The summed E-state index contributed by atoms with van der Waals surface area (Å²) in [5.41, 5.74) is 1.40. The van der Waals surface area contributed by atoms with Crippen molar-refractivity contribution in [3.63, 3.8) is 0 Å². The van der Waals surface area contributed by atoms with Crippen molar-refractivity contribution < 1.29 is 14.3 Å². The van der Waals surface area contributed by atoms with Crippen molar-refractivity contribution >= 4 is 16.8 Å². The van der Waals surface area contributed by atoms with E-state index in [2.05, 4.69) is 10.3 Å². The van der Waals surface area contributed by atoms with E-state index < -0.39 is 0 Å². The summed E-state index contributed by atoms with van der Waals surface area (Å²) in [5.74, 6) is 1.00. The van der Waals surface area contributed by atoms with Gasteiger partial charge in [-0.3, -0.25) is 9.59 Å². The standard InChI is InChI=1S/C19H18N2O4/c1-24-15-5-3-4-13(9-15)18(22)20-11-14-8-12-6-7-16(25-2)10-17(12)21-19(14)23/h3-10H,11H2,1-2H3,(H,20,22)(H,21,23). The van der Waals surface area contributed by atoms with Crippen LogP contribution in [0.5, 0.6) is 11.5 Å². The average molecular weight is 338 g/mol. The van der Waals surface area contributed by atoms with E-state index in [1.54, 1.807) is 50.6 Å².